The minimum atomic E-state index is -4.68. The van der Waals surface area contributed by atoms with E-state index in [4.69, 9.17) is 4.74 Å². The van der Waals surface area contributed by atoms with Crippen LogP contribution in [-0.4, -0.2) is 40.5 Å². The van der Waals surface area contributed by atoms with E-state index >= 15 is 0 Å². The van der Waals surface area contributed by atoms with Crippen molar-refractivity contribution in [2.45, 2.75) is 82.9 Å². The van der Waals surface area contributed by atoms with Crippen LogP contribution in [0.25, 0.3) is 5.65 Å². The number of aromatic nitrogens is 2. The van der Waals surface area contributed by atoms with Crippen molar-refractivity contribution in [2.24, 2.45) is 11.3 Å². The monoisotopic (exact) mass is 499 g/mol. The minimum absolute atomic E-state index is 0.0199. The average Bonchev–Trinajstić information content (AvgIpc) is 3.14. The molecule has 1 spiro atoms. The number of alkyl halides is 5. The fraction of sp³-hybridized carbons (Fsp3) is 0.680. The number of carbonyl (C=O) groups excluding carboxylic acids is 1. The highest BCUT2D eigenvalue weighted by atomic mass is 19.4. The zero-order chi connectivity index (χ0) is 25.0. The largest absolute Gasteiger partial charge is 0.435 e. The van der Waals surface area contributed by atoms with E-state index in [9.17, 15) is 26.7 Å². The van der Waals surface area contributed by atoms with E-state index < -0.39 is 17.8 Å². The summed E-state index contributed by atoms with van der Waals surface area (Å²) in [5, 5.41) is 3.03. The third kappa shape index (κ3) is 4.90. The lowest BCUT2D eigenvalue weighted by Gasteiger charge is -2.46. The van der Waals surface area contributed by atoms with Crippen molar-refractivity contribution in [1.82, 2.24) is 14.7 Å². The third-order valence-electron chi connectivity index (χ3n) is 8.05. The fourth-order valence-corrected chi connectivity index (χ4v) is 5.88. The van der Waals surface area contributed by atoms with Gasteiger partial charge in [0.25, 0.3) is 5.91 Å². The van der Waals surface area contributed by atoms with Crippen LogP contribution in [-0.2, 0) is 17.3 Å². The molecule has 1 saturated heterocycles. The van der Waals surface area contributed by atoms with Crippen LogP contribution in [0.5, 0.6) is 0 Å². The van der Waals surface area contributed by atoms with Crippen molar-refractivity contribution >= 4 is 11.6 Å². The van der Waals surface area contributed by atoms with Crippen molar-refractivity contribution in [2.75, 3.05) is 13.2 Å². The van der Waals surface area contributed by atoms with Crippen LogP contribution in [0, 0.1) is 18.3 Å². The van der Waals surface area contributed by atoms with Crippen LogP contribution in [0.4, 0.5) is 22.0 Å². The van der Waals surface area contributed by atoms with Gasteiger partial charge in [-0.1, -0.05) is 0 Å². The van der Waals surface area contributed by atoms with Crippen LogP contribution >= 0.6 is 0 Å². The van der Waals surface area contributed by atoms with Crippen molar-refractivity contribution in [1.29, 1.82) is 0 Å². The van der Waals surface area contributed by atoms with Crippen LogP contribution < -0.4 is 5.32 Å². The molecule has 3 aliphatic rings. The van der Waals surface area contributed by atoms with Crippen LogP contribution in [0.2, 0.25) is 0 Å². The van der Waals surface area contributed by atoms with Crippen LogP contribution in [0.15, 0.2) is 12.1 Å². The number of amides is 1. The van der Waals surface area contributed by atoms with Gasteiger partial charge >= 0.3 is 6.18 Å². The molecule has 192 valence electrons. The number of hydrogen-bond acceptors (Lipinski definition) is 3. The van der Waals surface area contributed by atoms with E-state index in [1.807, 2.05) is 0 Å². The van der Waals surface area contributed by atoms with Crippen molar-refractivity contribution in [3.63, 3.8) is 0 Å². The average molecular weight is 500 g/mol. The third-order valence-corrected chi connectivity index (χ3v) is 8.05. The lowest BCUT2D eigenvalue weighted by molar-refractivity contribution is -0.141. The predicted molar refractivity (Wildman–Crippen MR) is 119 cm³/mol. The van der Waals surface area contributed by atoms with Crippen molar-refractivity contribution in [3.05, 3.63) is 34.8 Å². The summed E-state index contributed by atoms with van der Waals surface area (Å²) in [5.41, 5.74) is 0.00695. The molecule has 35 heavy (non-hydrogen) atoms. The van der Waals surface area contributed by atoms with Gasteiger partial charge in [0.2, 0.25) is 5.92 Å². The molecule has 0 bridgehead atoms. The number of hydrogen-bond donors (Lipinski definition) is 1. The van der Waals surface area contributed by atoms with Gasteiger partial charge in [-0.15, -0.1) is 0 Å². The highest BCUT2D eigenvalue weighted by Gasteiger charge is 2.42. The number of nitrogens with one attached hydrogen (secondary N) is 1. The van der Waals surface area contributed by atoms with E-state index in [0.717, 1.165) is 38.9 Å². The highest BCUT2D eigenvalue weighted by molar-refractivity contribution is 5.95. The quantitative estimate of drug-likeness (QED) is 0.548. The number of ether oxygens (including phenoxy) is 1. The summed E-state index contributed by atoms with van der Waals surface area (Å²) in [6.45, 7) is 3.19. The van der Waals surface area contributed by atoms with Gasteiger partial charge in [-0.3, -0.25) is 4.79 Å². The Morgan fingerprint density at radius 1 is 1.11 bits per heavy atom. The van der Waals surface area contributed by atoms with Crippen LogP contribution in [0.3, 0.4) is 0 Å². The zero-order valence-electron chi connectivity index (χ0n) is 19.7. The maximum atomic E-state index is 13.9. The topological polar surface area (TPSA) is 55.6 Å². The van der Waals surface area contributed by atoms with Gasteiger partial charge in [0, 0.05) is 35.6 Å². The molecule has 1 aliphatic heterocycles. The van der Waals surface area contributed by atoms with E-state index in [2.05, 4.69) is 10.3 Å². The summed E-state index contributed by atoms with van der Waals surface area (Å²) >= 11 is 0. The molecular weight excluding hydrogens is 469 g/mol. The smallest absolute Gasteiger partial charge is 0.380 e. The molecule has 10 heteroatoms. The Labute approximate surface area is 200 Å². The number of rotatable bonds is 4. The lowest BCUT2D eigenvalue weighted by Crippen LogP contribution is -2.49. The SMILES string of the molecule is Cc1cc(C(=O)NC2CCC3(CC2)COC3)cc2nc(C(F)(F)F)c(CC3CCC(F)(F)CC3)n12. The normalized spacial score (nSPS) is 22.9. The predicted octanol–water partition coefficient (Wildman–Crippen LogP) is 5.72. The first kappa shape index (κ1) is 24.5. The minimum Gasteiger partial charge on any atom is -0.380 e. The van der Waals surface area contributed by atoms with Crippen molar-refractivity contribution < 1.29 is 31.5 Å². The molecule has 3 fully saturated rings. The highest BCUT2D eigenvalue weighted by Crippen LogP contribution is 2.42. The van der Waals surface area contributed by atoms with Gasteiger partial charge in [0.1, 0.15) is 5.65 Å². The van der Waals surface area contributed by atoms with E-state index in [1.54, 1.807) is 13.0 Å². The molecule has 0 radical (unpaired) electrons. The molecule has 0 unspecified atom stereocenters. The van der Waals surface area contributed by atoms with E-state index in [0.29, 0.717) is 5.69 Å². The Balaban J connectivity index is 1.37. The van der Waals surface area contributed by atoms with Gasteiger partial charge in [-0.25, -0.2) is 13.8 Å². The summed E-state index contributed by atoms with van der Waals surface area (Å²) in [7, 11) is 0. The Morgan fingerprint density at radius 2 is 1.77 bits per heavy atom. The molecule has 2 saturated carbocycles. The van der Waals surface area contributed by atoms with Crippen molar-refractivity contribution in [3.8, 4) is 0 Å². The number of halogens is 5. The first-order valence-corrected chi connectivity index (χ1v) is 12.3. The molecule has 2 aromatic rings. The molecule has 2 aromatic heterocycles. The summed E-state index contributed by atoms with van der Waals surface area (Å²) < 4.78 is 75.5. The number of fused-ring (bicyclic) bond motifs is 1. The second-order valence-corrected chi connectivity index (χ2v) is 10.7. The second-order valence-electron chi connectivity index (χ2n) is 10.7. The van der Waals surface area contributed by atoms with Crippen LogP contribution in [0.1, 0.15) is 78.8 Å². The molecule has 0 aromatic carbocycles. The van der Waals surface area contributed by atoms with Gasteiger partial charge < -0.3 is 14.5 Å². The van der Waals surface area contributed by atoms with Gasteiger partial charge in [-0.2, -0.15) is 13.2 Å². The molecule has 5 nitrogen and oxygen atoms in total. The molecular formula is C25H30F5N3O2. The van der Waals surface area contributed by atoms with Gasteiger partial charge in [0.05, 0.1) is 18.9 Å². The number of pyridine rings is 1. The number of nitrogens with zero attached hydrogens (tertiary/aromatic N) is 2. The summed E-state index contributed by atoms with van der Waals surface area (Å²) in [4.78, 5) is 16.8. The Morgan fingerprint density at radius 3 is 2.34 bits per heavy atom. The molecule has 3 heterocycles. The van der Waals surface area contributed by atoms with Gasteiger partial charge in [0.15, 0.2) is 5.69 Å². The first-order chi connectivity index (χ1) is 16.4. The first-order valence-electron chi connectivity index (χ1n) is 12.3. The summed E-state index contributed by atoms with van der Waals surface area (Å²) in [6, 6.07) is 2.99. The number of aryl methyl sites for hydroxylation is 1. The van der Waals surface area contributed by atoms with E-state index in [-0.39, 0.29) is 72.3 Å². The number of imidazole rings is 1. The standard InChI is InChI=1S/C25H30F5N3O2/c1-15-10-17(22(34)31-18-4-6-23(7-5-18)13-35-14-23)12-20-32-21(25(28,29)30)19(33(15)20)11-16-2-8-24(26,27)9-3-16/h10,12,16,18H,2-9,11,13-14H2,1H3,(H,31,34). The summed E-state index contributed by atoms with van der Waals surface area (Å²) in [5.74, 6) is -3.34. The summed E-state index contributed by atoms with van der Waals surface area (Å²) in [6.07, 6.45) is -1.26. The second kappa shape index (κ2) is 8.71. The van der Waals surface area contributed by atoms with Gasteiger partial charge in [-0.05, 0) is 69.9 Å². The van der Waals surface area contributed by atoms with E-state index in [1.165, 1.54) is 10.5 Å². The molecule has 0 atom stereocenters. The zero-order valence-corrected chi connectivity index (χ0v) is 19.7. The maximum absolute atomic E-state index is 13.9. The Kier molecular flexibility index (Phi) is 6.09. The number of carbonyl (C=O) groups is 1. The lowest BCUT2D eigenvalue weighted by atomic mass is 9.71. The Bertz CT molecular complexity index is 1100. The Hall–Kier alpha value is -2.23. The molecule has 1 N–H and O–H groups in total. The fourth-order valence-electron chi connectivity index (χ4n) is 5.88. The molecule has 5 rings (SSSR count). The molecule has 2 aliphatic carbocycles. The maximum Gasteiger partial charge on any atom is 0.435 e. The molecule has 1 amide bonds.